The maximum Gasteiger partial charge on any atom is 0.264 e. The van der Waals surface area contributed by atoms with E-state index in [1.54, 1.807) is 36.4 Å². The largest absolute Gasteiger partial charge is 0.491 e. The maximum atomic E-state index is 13.5. The van der Waals surface area contributed by atoms with Crippen molar-refractivity contribution in [2.45, 2.75) is 32.6 Å². The molecule has 0 atom stereocenters. The van der Waals surface area contributed by atoms with Crippen molar-refractivity contribution in [1.29, 1.82) is 0 Å². The summed E-state index contributed by atoms with van der Waals surface area (Å²) in [5.41, 5.74) is 4.21. The molecule has 0 radical (unpaired) electrons. The first-order chi connectivity index (χ1) is 15.7. The van der Waals surface area contributed by atoms with Gasteiger partial charge in [-0.1, -0.05) is 48.0 Å². The molecule has 0 saturated carbocycles. The number of anilines is 1. The Morgan fingerprint density at radius 2 is 1.55 bits per heavy atom. The normalized spacial score (nSPS) is 11.2. The van der Waals surface area contributed by atoms with E-state index in [0.717, 1.165) is 28.0 Å². The van der Waals surface area contributed by atoms with E-state index in [0.29, 0.717) is 5.69 Å². The van der Waals surface area contributed by atoms with E-state index in [-0.39, 0.29) is 24.6 Å². The molecule has 1 amide bonds. The average molecular weight is 467 g/mol. The van der Waals surface area contributed by atoms with Gasteiger partial charge in [-0.25, -0.2) is 8.42 Å². The second kappa shape index (κ2) is 10.5. The van der Waals surface area contributed by atoms with Gasteiger partial charge in [-0.15, -0.1) is 0 Å². The second-order valence-corrected chi connectivity index (χ2v) is 9.87. The van der Waals surface area contributed by atoms with Crippen LogP contribution in [0.3, 0.4) is 0 Å². The van der Waals surface area contributed by atoms with E-state index in [1.807, 2.05) is 58.0 Å². The van der Waals surface area contributed by atoms with Crippen LogP contribution in [-0.2, 0) is 14.8 Å². The summed E-state index contributed by atoms with van der Waals surface area (Å²) in [5.74, 6) is 0.352. The van der Waals surface area contributed by atoms with Crippen LogP contribution in [0.5, 0.6) is 5.75 Å². The van der Waals surface area contributed by atoms with Crippen molar-refractivity contribution in [3.8, 4) is 5.75 Å². The first-order valence-corrected chi connectivity index (χ1v) is 12.2. The van der Waals surface area contributed by atoms with Crippen molar-refractivity contribution < 1.29 is 17.9 Å². The smallest absolute Gasteiger partial charge is 0.264 e. The van der Waals surface area contributed by atoms with Gasteiger partial charge >= 0.3 is 0 Å². The van der Waals surface area contributed by atoms with Gasteiger partial charge in [0.2, 0.25) is 5.91 Å². The van der Waals surface area contributed by atoms with Crippen LogP contribution >= 0.6 is 0 Å². The summed E-state index contributed by atoms with van der Waals surface area (Å²) in [6.07, 6.45) is 0. The van der Waals surface area contributed by atoms with Crippen molar-refractivity contribution >= 4 is 21.6 Å². The molecule has 0 fully saturated rings. The van der Waals surface area contributed by atoms with Gasteiger partial charge in [0.15, 0.2) is 0 Å². The Hall–Kier alpha value is -3.32. The molecule has 0 heterocycles. The summed E-state index contributed by atoms with van der Waals surface area (Å²) in [5, 5.41) is 2.77. The van der Waals surface area contributed by atoms with Crippen LogP contribution in [0.2, 0.25) is 0 Å². The van der Waals surface area contributed by atoms with Gasteiger partial charge in [0.1, 0.15) is 18.9 Å². The molecule has 33 heavy (non-hydrogen) atoms. The van der Waals surface area contributed by atoms with Gasteiger partial charge in [0.25, 0.3) is 10.0 Å². The molecule has 0 spiro atoms. The van der Waals surface area contributed by atoms with Crippen molar-refractivity contribution in [2.24, 2.45) is 0 Å². The lowest BCUT2D eigenvalue weighted by Gasteiger charge is -2.26. The number of ether oxygens (including phenoxy) is 1. The summed E-state index contributed by atoms with van der Waals surface area (Å²) in [6.45, 7) is 7.83. The Bertz CT molecular complexity index is 1220. The molecule has 0 saturated heterocycles. The number of para-hydroxylation sites is 1. The topological polar surface area (TPSA) is 75.7 Å². The molecule has 3 aromatic carbocycles. The predicted molar refractivity (Wildman–Crippen MR) is 131 cm³/mol. The Morgan fingerprint density at radius 3 is 2.24 bits per heavy atom. The summed E-state index contributed by atoms with van der Waals surface area (Å²) >= 11 is 0. The summed E-state index contributed by atoms with van der Waals surface area (Å²) in [6, 6.07) is 19.7. The molecule has 0 bridgehead atoms. The molecule has 7 heteroatoms. The van der Waals surface area contributed by atoms with Gasteiger partial charge in [-0.2, -0.15) is 0 Å². The van der Waals surface area contributed by atoms with Crippen molar-refractivity contribution in [1.82, 2.24) is 5.32 Å². The van der Waals surface area contributed by atoms with E-state index in [9.17, 15) is 13.2 Å². The highest BCUT2D eigenvalue weighted by Crippen LogP contribution is 2.28. The van der Waals surface area contributed by atoms with Gasteiger partial charge in [0, 0.05) is 0 Å². The van der Waals surface area contributed by atoms with Crippen molar-refractivity contribution in [3.05, 3.63) is 89.0 Å². The molecule has 174 valence electrons. The third kappa shape index (κ3) is 5.93. The molecule has 3 rings (SSSR count). The summed E-state index contributed by atoms with van der Waals surface area (Å²) in [4.78, 5) is 12.9. The zero-order valence-electron chi connectivity index (χ0n) is 19.5. The fourth-order valence-electron chi connectivity index (χ4n) is 3.40. The number of carbonyl (C=O) groups is 1. The number of amides is 1. The van der Waals surface area contributed by atoms with E-state index < -0.39 is 15.9 Å². The van der Waals surface area contributed by atoms with E-state index in [2.05, 4.69) is 5.32 Å². The Balaban J connectivity index is 1.77. The quantitative estimate of drug-likeness (QED) is 0.477. The van der Waals surface area contributed by atoms with Gasteiger partial charge < -0.3 is 10.1 Å². The van der Waals surface area contributed by atoms with Gasteiger partial charge in [-0.05, 0) is 68.7 Å². The Labute approximate surface area is 196 Å². The highest BCUT2D eigenvalue weighted by atomic mass is 32.2. The van der Waals surface area contributed by atoms with Crippen LogP contribution in [0.25, 0.3) is 0 Å². The minimum Gasteiger partial charge on any atom is -0.491 e. The minimum absolute atomic E-state index is 0.143. The first kappa shape index (κ1) is 24.3. The molecule has 0 unspecified atom stereocenters. The number of hydrogen-bond donors (Lipinski definition) is 1. The average Bonchev–Trinajstić information content (AvgIpc) is 2.78. The monoisotopic (exact) mass is 466 g/mol. The molecular formula is C26H30N2O4S. The van der Waals surface area contributed by atoms with Crippen LogP contribution in [0, 0.1) is 27.7 Å². The lowest BCUT2D eigenvalue weighted by Crippen LogP contribution is -2.42. The second-order valence-electron chi connectivity index (χ2n) is 8.01. The number of benzene rings is 3. The number of nitrogens with zero attached hydrogens (tertiary/aromatic N) is 1. The van der Waals surface area contributed by atoms with Crippen molar-refractivity contribution in [3.63, 3.8) is 0 Å². The Kier molecular flexibility index (Phi) is 7.76. The Morgan fingerprint density at radius 1 is 0.879 bits per heavy atom. The van der Waals surface area contributed by atoms with E-state index in [4.69, 9.17) is 4.74 Å². The molecule has 0 aliphatic heterocycles. The molecule has 3 aromatic rings. The molecule has 0 aliphatic carbocycles. The maximum absolute atomic E-state index is 13.5. The highest BCUT2D eigenvalue weighted by molar-refractivity contribution is 7.92. The molecule has 1 N–H and O–H groups in total. The number of aryl methyl sites for hydroxylation is 3. The van der Waals surface area contributed by atoms with Crippen LogP contribution in [0.4, 0.5) is 5.69 Å². The third-order valence-corrected chi connectivity index (χ3v) is 7.29. The van der Waals surface area contributed by atoms with Crippen LogP contribution in [0.15, 0.2) is 71.6 Å². The zero-order valence-corrected chi connectivity index (χ0v) is 20.3. The molecule has 6 nitrogen and oxygen atoms in total. The lowest BCUT2D eigenvalue weighted by molar-refractivity contribution is -0.119. The van der Waals surface area contributed by atoms with E-state index in [1.165, 1.54) is 4.31 Å². The number of nitrogens with one attached hydrogen (secondary N) is 1. The fraction of sp³-hybridized carbons (Fsp3) is 0.269. The minimum atomic E-state index is -3.94. The van der Waals surface area contributed by atoms with Crippen LogP contribution in [0.1, 0.15) is 22.3 Å². The fourth-order valence-corrected chi connectivity index (χ4v) is 4.88. The SMILES string of the molecule is Cc1ccc(S(=O)(=O)N(CC(=O)NCCOc2ccccc2C)c2cccc(C)c2C)cc1. The molecular weight excluding hydrogens is 436 g/mol. The van der Waals surface area contributed by atoms with Gasteiger partial charge in [0.05, 0.1) is 17.1 Å². The first-order valence-electron chi connectivity index (χ1n) is 10.8. The standard InChI is InChI=1S/C26H30N2O4S/c1-19-12-14-23(15-13-19)33(30,31)28(24-10-7-9-20(2)22(24)4)18-26(29)27-16-17-32-25-11-6-5-8-21(25)3/h5-15H,16-18H2,1-4H3,(H,27,29). The molecule has 0 aromatic heterocycles. The zero-order chi connectivity index (χ0) is 24.0. The van der Waals surface area contributed by atoms with E-state index >= 15 is 0 Å². The number of rotatable bonds is 9. The predicted octanol–water partition coefficient (Wildman–Crippen LogP) is 4.31. The number of sulfonamides is 1. The lowest BCUT2D eigenvalue weighted by atomic mass is 10.1. The highest BCUT2D eigenvalue weighted by Gasteiger charge is 2.28. The third-order valence-electron chi connectivity index (χ3n) is 5.52. The summed E-state index contributed by atoms with van der Waals surface area (Å²) < 4.78 is 33.9. The number of carbonyl (C=O) groups excluding carboxylic acids is 1. The summed E-state index contributed by atoms with van der Waals surface area (Å²) in [7, 11) is -3.94. The van der Waals surface area contributed by atoms with Gasteiger partial charge in [-0.3, -0.25) is 9.10 Å². The van der Waals surface area contributed by atoms with Crippen LogP contribution < -0.4 is 14.4 Å². The van der Waals surface area contributed by atoms with Crippen LogP contribution in [-0.4, -0.2) is 34.0 Å². The number of hydrogen-bond acceptors (Lipinski definition) is 4. The molecule has 0 aliphatic rings. The van der Waals surface area contributed by atoms with Crippen molar-refractivity contribution in [2.75, 3.05) is 24.0 Å².